The van der Waals surface area contributed by atoms with Gasteiger partial charge < -0.3 is 15.2 Å². The molecule has 2 aromatic rings. The minimum absolute atomic E-state index is 0.104. The summed E-state index contributed by atoms with van der Waals surface area (Å²) in [5, 5.41) is 12.6. The highest BCUT2D eigenvalue weighted by molar-refractivity contribution is 6.31. The fourth-order valence-electron chi connectivity index (χ4n) is 2.13. The quantitative estimate of drug-likeness (QED) is 0.850. The van der Waals surface area contributed by atoms with Crippen LogP contribution in [0.5, 0.6) is 0 Å². The van der Waals surface area contributed by atoms with E-state index < -0.39 is 5.97 Å². The molecule has 1 aromatic carbocycles. The lowest BCUT2D eigenvalue weighted by Crippen LogP contribution is -2.26. The van der Waals surface area contributed by atoms with Crippen molar-refractivity contribution >= 4 is 23.4 Å². The van der Waals surface area contributed by atoms with Gasteiger partial charge in [-0.2, -0.15) is 0 Å². The first-order valence-corrected chi connectivity index (χ1v) is 6.99. The average molecular weight is 322 g/mol. The van der Waals surface area contributed by atoms with Gasteiger partial charge in [-0.3, -0.25) is 0 Å². The predicted molar refractivity (Wildman–Crippen MR) is 83.3 cm³/mol. The molecule has 22 heavy (non-hydrogen) atoms. The van der Waals surface area contributed by atoms with Crippen LogP contribution in [0.15, 0.2) is 36.7 Å². The predicted octanol–water partition coefficient (Wildman–Crippen LogP) is 3.02. The van der Waals surface area contributed by atoms with Gasteiger partial charge in [0.2, 0.25) is 0 Å². The molecule has 0 bridgehead atoms. The molecule has 2 atom stereocenters. The standard InChI is InChI=1S/C15H16ClN3O3/c1-9(14(22-2)10-5-3-4-6-11(10)16)19-13-8-17-12(7-18-13)15(20)21/h3-9,14H,1-2H3,(H,18,19)(H,20,21). The lowest BCUT2D eigenvalue weighted by atomic mass is 10.0. The van der Waals surface area contributed by atoms with Crippen LogP contribution in [-0.4, -0.2) is 34.2 Å². The largest absolute Gasteiger partial charge is 0.476 e. The SMILES string of the molecule is COC(c1ccccc1Cl)C(C)Nc1cnc(C(=O)O)cn1. The molecule has 0 spiro atoms. The molecule has 0 saturated heterocycles. The average Bonchev–Trinajstić information content (AvgIpc) is 2.50. The number of carboxylic acid groups (broad SMARTS) is 1. The van der Waals surface area contributed by atoms with Crippen molar-refractivity contribution in [2.75, 3.05) is 12.4 Å². The van der Waals surface area contributed by atoms with Crippen molar-refractivity contribution in [2.45, 2.75) is 19.1 Å². The van der Waals surface area contributed by atoms with E-state index in [4.69, 9.17) is 21.4 Å². The summed E-state index contributed by atoms with van der Waals surface area (Å²) in [7, 11) is 1.60. The van der Waals surface area contributed by atoms with Crippen LogP contribution in [0.25, 0.3) is 0 Å². The fourth-order valence-corrected chi connectivity index (χ4v) is 2.37. The first-order valence-electron chi connectivity index (χ1n) is 6.62. The number of carbonyl (C=O) groups is 1. The molecule has 116 valence electrons. The molecule has 1 aromatic heterocycles. The van der Waals surface area contributed by atoms with E-state index in [1.807, 2.05) is 25.1 Å². The van der Waals surface area contributed by atoms with Crippen molar-refractivity contribution in [3.63, 3.8) is 0 Å². The molecular formula is C15H16ClN3O3. The maximum absolute atomic E-state index is 10.8. The number of benzene rings is 1. The summed E-state index contributed by atoms with van der Waals surface area (Å²) in [5.41, 5.74) is 0.759. The Labute approximate surface area is 133 Å². The molecule has 1 heterocycles. The third-order valence-electron chi connectivity index (χ3n) is 3.17. The highest BCUT2D eigenvalue weighted by atomic mass is 35.5. The number of rotatable bonds is 6. The molecule has 0 aliphatic carbocycles. The molecule has 0 radical (unpaired) electrons. The lowest BCUT2D eigenvalue weighted by molar-refractivity contribution is 0.0690. The summed E-state index contributed by atoms with van der Waals surface area (Å²) >= 11 is 6.20. The maximum atomic E-state index is 10.8. The summed E-state index contributed by atoms with van der Waals surface area (Å²) in [6, 6.07) is 7.30. The minimum atomic E-state index is -1.11. The van der Waals surface area contributed by atoms with Gasteiger partial charge in [-0.15, -0.1) is 0 Å². The molecule has 0 saturated carbocycles. The Morgan fingerprint density at radius 1 is 1.32 bits per heavy atom. The van der Waals surface area contributed by atoms with E-state index in [-0.39, 0.29) is 17.8 Å². The van der Waals surface area contributed by atoms with Crippen LogP contribution in [0.4, 0.5) is 5.82 Å². The van der Waals surface area contributed by atoms with E-state index in [1.165, 1.54) is 12.4 Å². The second kappa shape index (κ2) is 7.20. The van der Waals surface area contributed by atoms with E-state index in [0.29, 0.717) is 10.8 Å². The third kappa shape index (κ3) is 3.72. The molecule has 0 aliphatic rings. The Hall–Kier alpha value is -2.18. The van der Waals surface area contributed by atoms with Crippen LogP contribution < -0.4 is 5.32 Å². The first kappa shape index (κ1) is 16.2. The highest BCUT2D eigenvalue weighted by Crippen LogP contribution is 2.28. The van der Waals surface area contributed by atoms with Crippen molar-refractivity contribution in [3.05, 3.63) is 52.9 Å². The number of hydrogen-bond acceptors (Lipinski definition) is 5. The number of aromatic carboxylic acids is 1. The third-order valence-corrected chi connectivity index (χ3v) is 3.51. The van der Waals surface area contributed by atoms with Gasteiger partial charge in [0.15, 0.2) is 5.69 Å². The summed E-state index contributed by atoms with van der Waals surface area (Å²) < 4.78 is 5.52. The van der Waals surface area contributed by atoms with Crippen LogP contribution >= 0.6 is 11.6 Å². The van der Waals surface area contributed by atoms with Crippen molar-refractivity contribution in [1.29, 1.82) is 0 Å². The van der Waals surface area contributed by atoms with Crippen LogP contribution in [0.2, 0.25) is 5.02 Å². The molecular weight excluding hydrogens is 306 g/mol. The zero-order chi connectivity index (χ0) is 16.1. The van der Waals surface area contributed by atoms with Crippen LogP contribution in [-0.2, 0) is 4.74 Å². The van der Waals surface area contributed by atoms with Crippen molar-refractivity contribution in [1.82, 2.24) is 9.97 Å². The zero-order valence-electron chi connectivity index (χ0n) is 12.2. The van der Waals surface area contributed by atoms with Gasteiger partial charge in [0.05, 0.1) is 18.4 Å². The second-order valence-corrected chi connectivity index (χ2v) is 5.11. The van der Waals surface area contributed by atoms with E-state index in [1.54, 1.807) is 13.2 Å². The van der Waals surface area contributed by atoms with Gasteiger partial charge in [0, 0.05) is 17.7 Å². The lowest BCUT2D eigenvalue weighted by Gasteiger charge is -2.25. The van der Waals surface area contributed by atoms with E-state index in [9.17, 15) is 4.79 Å². The zero-order valence-corrected chi connectivity index (χ0v) is 12.9. The van der Waals surface area contributed by atoms with E-state index in [2.05, 4.69) is 15.3 Å². The number of aromatic nitrogens is 2. The summed E-state index contributed by atoms with van der Waals surface area (Å²) in [6.45, 7) is 1.92. The number of carboxylic acids is 1. The fraction of sp³-hybridized carbons (Fsp3) is 0.267. The van der Waals surface area contributed by atoms with E-state index in [0.717, 1.165) is 5.56 Å². The Morgan fingerprint density at radius 3 is 2.59 bits per heavy atom. The Morgan fingerprint density at radius 2 is 2.05 bits per heavy atom. The Bertz CT molecular complexity index is 649. The smallest absolute Gasteiger partial charge is 0.356 e. The minimum Gasteiger partial charge on any atom is -0.476 e. The normalized spacial score (nSPS) is 13.4. The van der Waals surface area contributed by atoms with Gasteiger partial charge >= 0.3 is 5.97 Å². The van der Waals surface area contributed by atoms with E-state index >= 15 is 0 Å². The summed E-state index contributed by atoms with van der Waals surface area (Å²) in [5.74, 6) is -0.649. The molecule has 0 amide bonds. The Kier molecular flexibility index (Phi) is 5.30. The van der Waals surface area contributed by atoms with Gasteiger partial charge in [0.1, 0.15) is 11.9 Å². The summed E-state index contributed by atoms with van der Waals surface area (Å²) in [4.78, 5) is 18.6. The monoisotopic (exact) mass is 321 g/mol. The molecule has 2 rings (SSSR count). The van der Waals surface area contributed by atoms with Crippen molar-refractivity contribution in [3.8, 4) is 0 Å². The number of nitrogens with zero attached hydrogens (tertiary/aromatic N) is 2. The maximum Gasteiger partial charge on any atom is 0.356 e. The van der Waals surface area contributed by atoms with Gasteiger partial charge in [-0.25, -0.2) is 14.8 Å². The number of nitrogens with one attached hydrogen (secondary N) is 1. The number of anilines is 1. The van der Waals surface area contributed by atoms with Gasteiger partial charge in [0.25, 0.3) is 0 Å². The van der Waals surface area contributed by atoms with Gasteiger partial charge in [-0.05, 0) is 13.0 Å². The van der Waals surface area contributed by atoms with Crippen LogP contribution in [0, 0.1) is 0 Å². The molecule has 2 N–H and O–H groups in total. The first-order chi connectivity index (χ1) is 10.5. The topological polar surface area (TPSA) is 84.3 Å². The Balaban J connectivity index is 2.14. The number of methoxy groups -OCH3 is 1. The number of halogens is 1. The molecule has 2 unspecified atom stereocenters. The molecule has 6 nitrogen and oxygen atoms in total. The number of hydrogen-bond donors (Lipinski definition) is 2. The van der Waals surface area contributed by atoms with Crippen molar-refractivity contribution < 1.29 is 14.6 Å². The molecule has 0 aliphatic heterocycles. The number of ether oxygens (including phenoxy) is 1. The van der Waals surface area contributed by atoms with Crippen LogP contribution in [0.1, 0.15) is 29.1 Å². The van der Waals surface area contributed by atoms with Crippen molar-refractivity contribution in [2.24, 2.45) is 0 Å². The molecule has 0 fully saturated rings. The molecule has 7 heteroatoms. The second-order valence-electron chi connectivity index (χ2n) is 4.70. The van der Waals surface area contributed by atoms with Gasteiger partial charge in [-0.1, -0.05) is 29.8 Å². The highest BCUT2D eigenvalue weighted by Gasteiger charge is 2.21. The van der Waals surface area contributed by atoms with Crippen LogP contribution in [0.3, 0.4) is 0 Å². The summed E-state index contributed by atoms with van der Waals surface area (Å²) in [6.07, 6.45) is 2.29.